The summed E-state index contributed by atoms with van der Waals surface area (Å²) in [6, 6.07) is 13.2. The quantitative estimate of drug-likeness (QED) is 0.457. The monoisotopic (exact) mass is 437 g/mol. The van der Waals surface area contributed by atoms with E-state index in [1.165, 1.54) is 12.1 Å². The summed E-state index contributed by atoms with van der Waals surface area (Å²) in [4.78, 5) is 4.31. The van der Waals surface area contributed by atoms with Gasteiger partial charge in [-0.1, -0.05) is 18.2 Å². The number of fused-ring (bicyclic) bond motifs is 1. The summed E-state index contributed by atoms with van der Waals surface area (Å²) in [5.41, 5.74) is 5.78. The summed E-state index contributed by atoms with van der Waals surface area (Å²) >= 11 is 0. The summed E-state index contributed by atoms with van der Waals surface area (Å²) in [6.07, 6.45) is 0.600. The molecule has 0 saturated heterocycles. The Morgan fingerprint density at radius 3 is 2.78 bits per heavy atom. The van der Waals surface area contributed by atoms with Gasteiger partial charge in [0.15, 0.2) is 12.8 Å². The molecule has 1 aliphatic heterocycles. The number of rotatable bonds is 6. The van der Waals surface area contributed by atoms with E-state index >= 15 is 0 Å². The van der Waals surface area contributed by atoms with Gasteiger partial charge in [-0.15, -0.1) is 0 Å². The number of halogens is 1. The minimum absolute atomic E-state index is 0.191. The summed E-state index contributed by atoms with van der Waals surface area (Å²) in [5.74, 6) is 1.11. The molecule has 1 aromatic heterocycles. The lowest BCUT2D eigenvalue weighted by Crippen LogP contribution is -2.38. The maximum absolute atomic E-state index is 13.9. The number of aryl methyl sites for hydroxylation is 2. The van der Waals surface area contributed by atoms with Gasteiger partial charge in [-0.3, -0.25) is 4.99 Å². The Morgan fingerprint density at radius 2 is 2.00 bits per heavy atom. The van der Waals surface area contributed by atoms with Crippen LogP contribution in [0.25, 0.3) is 5.69 Å². The predicted octanol–water partition coefficient (Wildman–Crippen LogP) is 3.40. The molecule has 0 atom stereocenters. The van der Waals surface area contributed by atoms with Gasteiger partial charge in [-0.05, 0) is 55.7 Å². The first kappa shape index (κ1) is 21.8. The number of nitrogens with zero attached hydrogens (tertiary/aromatic N) is 3. The highest BCUT2D eigenvalue weighted by Crippen LogP contribution is 2.29. The van der Waals surface area contributed by atoms with E-state index in [2.05, 4.69) is 38.9 Å². The van der Waals surface area contributed by atoms with E-state index < -0.39 is 0 Å². The number of ether oxygens (including phenoxy) is 2. The molecule has 0 aliphatic carbocycles. The van der Waals surface area contributed by atoms with Crippen LogP contribution in [0.5, 0.6) is 5.75 Å². The van der Waals surface area contributed by atoms with Crippen LogP contribution in [0.4, 0.5) is 4.39 Å². The fourth-order valence-electron chi connectivity index (χ4n) is 3.90. The second-order valence-electron chi connectivity index (χ2n) is 7.73. The van der Waals surface area contributed by atoms with Crippen LogP contribution in [0.3, 0.4) is 0 Å². The van der Waals surface area contributed by atoms with Gasteiger partial charge in [0.2, 0.25) is 0 Å². The zero-order valence-electron chi connectivity index (χ0n) is 18.6. The number of aromatic nitrogens is 2. The topological polar surface area (TPSA) is 72.7 Å². The van der Waals surface area contributed by atoms with Gasteiger partial charge in [-0.2, -0.15) is 5.10 Å². The molecule has 4 rings (SSSR count). The van der Waals surface area contributed by atoms with Crippen molar-refractivity contribution >= 4 is 5.96 Å². The summed E-state index contributed by atoms with van der Waals surface area (Å²) in [6.45, 7) is 5.76. The number of aliphatic imine (C=N–C) groups is 1. The molecule has 32 heavy (non-hydrogen) atoms. The zero-order valence-corrected chi connectivity index (χ0v) is 18.6. The van der Waals surface area contributed by atoms with E-state index in [4.69, 9.17) is 9.47 Å². The van der Waals surface area contributed by atoms with Crippen molar-refractivity contribution in [1.29, 1.82) is 0 Å². The Morgan fingerprint density at radius 1 is 1.16 bits per heavy atom. The predicted molar refractivity (Wildman–Crippen MR) is 122 cm³/mol. The number of nitrogens with one attached hydrogen (secondary N) is 2. The van der Waals surface area contributed by atoms with E-state index in [0.717, 1.165) is 39.5 Å². The number of hydrogen-bond acceptors (Lipinski definition) is 4. The molecule has 1 aliphatic rings. The van der Waals surface area contributed by atoms with Crippen LogP contribution >= 0.6 is 0 Å². The minimum atomic E-state index is -0.281. The maximum atomic E-state index is 13.9. The van der Waals surface area contributed by atoms with Gasteiger partial charge in [0, 0.05) is 31.4 Å². The second kappa shape index (κ2) is 9.82. The Balaban J connectivity index is 1.38. The largest absolute Gasteiger partial charge is 0.467 e. The van der Waals surface area contributed by atoms with Crippen LogP contribution < -0.4 is 15.4 Å². The highest BCUT2D eigenvalue weighted by atomic mass is 19.1. The Hall–Kier alpha value is -3.39. The van der Waals surface area contributed by atoms with E-state index in [0.29, 0.717) is 32.1 Å². The highest BCUT2D eigenvalue weighted by Gasteiger charge is 2.17. The van der Waals surface area contributed by atoms with Crippen molar-refractivity contribution in [2.45, 2.75) is 33.4 Å². The Kier molecular flexibility index (Phi) is 6.70. The van der Waals surface area contributed by atoms with Crippen molar-refractivity contribution in [3.05, 3.63) is 76.4 Å². The fraction of sp³-hybridized carbons (Fsp3) is 0.333. The summed E-state index contributed by atoms with van der Waals surface area (Å²) < 4.78 is 26.8. The molecule has 0 bridgehead atoms. The fourth-order valence-corrected chi connectivity index (χ4v) is 3.90. The number of guanidine groups is 1. The standard InChI is InChI=1S/C24H28FN5O2/c1-16-10-17(2)30(29-16)22-7-5-4-6-19(22)13-28-24(26-3)27-9-8-18-11-21(25)12-20-14-31-15-32-23(18)20/h4-7,10-12H,8-9,13-15H2,1-3H3,(H2,26,27,28). The average molecular weight is 438 g/mol. The third-order valence-corrected chi connectivity index (χ3v) is 5.34. The average Bonchev–Trinajstić information content (AvgIpc) is 3.13. The molecule has 0 amide bonds. The number of hydrogen-bond donors (Lipinski definition) is 2. The van der Waals surface area contributed by atoms with E-state index in [9.17, 15) is 4.39 Å². The molecule has 0 fully saturated rings. The normalized spacial score (nSPS) is 13.4. The molecular weight excluding hydrogens is 409 g/mol. The molecule has 2 heterocycles. The molecule has 2 N–H and O–H groups in total. The molecule has 3 aromatic rings. The van der Waals surface area contributed by atoms with Crippen molar-refractivity contribution in [3.8, 4) is 11.4 Å². The van der Waals surface area contributed by atoms with Gasteiger partial charge in [0.05, 0.1) is 18.0 Å². The molecule has 168 valence electrons. The van der Waals surface area contributed by atoms with Crippen LogP contribution in [0, 0.1) is 19.7 Å². The number of benzene rings is 2. The lowest BCUT2D eigenvalue weighted by Gasteiger charge is -2.21. The molecule has 0 saturated carbocycles. The smallest absolute Gasteiger partial charge is 0.191 e. The molecule has 7 nitrogen and oxygen atoms in total. The van der Waals surface area contributed by atoms with Crippen LogP contribution in [0.15, 0.2) is 47.5 Å². The minimum Gasteiger partial charge on any atom is -0.467 e. The SMILES string of the molecule is CN=C(NCCc1cc(F)cc2c1OCOC2)NCc1ccccc1-n1nc(C)cc1C. The first-order valence-electron chi connectivity index (χ1n) is 10.6. The molecule has 0 radical (unpaired) electrons. The van der Waals surface area contributed by atoms with Crippen LogP contribution in [0.1, 0.15) is 28.1 Å². The Labute approximate surface area is 187 Å². The summed E-state index contributed by atoms with van der Waals surface area (Å²) in [7, 11) is 1.73. The van der Waals surface area contributed by atoms with Crippen molar-refractivity contribution in [3.63, 3.8) is 0 Å². The highest BCUT2D eigenvalue weighted by molar-refractivity contribution is 5.79. The van der Waals surface area contributed by atoms with Gasteiger partial charge < -0.3 is 20.1 Å². The maximum Gasteiger partial charge on any atom is 0.191 e. The second-order valence-corrected chi connectivity index (χ2v) is 7.73. The lowest BCUT2D eigenvalue weighted by molar-refractivity contribution is -0.0172. The van der Waals surface area contributed by atoms with E-state index in [1.54, 1.807) is 7.05 Å². The van der Waals surface area contributed by atoms with Crippen molar-refractivity contribution in [2.75, 3.05) is 20.4 Å². The molecule has 0 unspecified atom stereocenters. The Bertz CT molecular complexity index is 1130. The molecule has 8 heteroatoms. The van der Waals surface area contributed by atoms with Crippen LogP contribution in [0.2, 0.25) is 0 Å². The van der Waals surface area contributed by atoms with Crippen molar-refractivity contribution in [1.82, 2.24) is 20.4 Å². The van der Waals surface area contributed by atoms with E-state index in [1.807, 2.05) is 30.7 Å². The number of para-hydroxylation sites is 1. The van der Waals surface area contributed by atoms with Crippen LogP contribution in [-0.2, 0) is 24.3 Å². The van der Waals surface area contributed by atoms with Gasteiger partial charge >= 0.3 is 0 Å². The third kappa shape index (κ3) is 4.91. The van der Waals surface area contributed by atoms with Crippen molar-refractivity contribution in [2.24, 2.45) is 4.99 Å². The van der Waals surface area contributed by atoms with Gasteiger partial charge in [0.25, 0.3) is 0 Å². The molecule has 0 spiro atoms. The molecule has 2 aromatic carbocycles. The van der Waals surface area contributed by atoms with Crippen LogP contribution in [-0.4, -0.2) is 36.1 Å². The van der Waals surface area contributed by atoms with Crippen molar-refractivity contribution < 1.29 is 13.9 Å². The lowest BCUT2D eigenvalue weighted by atomic mass is 10.1. The zero-order chi connectivity index (χ0) is 22.5. The molecular formula is C24H28FN5O2. The summed E-state index contributed by atoms with van der Waals surface area (Å²) in [5, 5.41) is 11.3. The van der Waals surface area contributed by atoms with E-state index in [-0.39, 0.29) is 12.6 Å². The van der Waals surface area contributed by atoms with Gasteiger partial charge in [-0.25, -0.2) is 9.07 Å². The first-order chi connectivity index (χ1) is 15.5. The van der Waals surface area contributed by atoms with Gasteiger partial charge in [0.1, 0.15) is 11.6 Å². The third-order valence-electron chi connectivity index (χ3n) is 5.34. The first-order valence-corrected chi connectivity index (χ1v) is 10.6.